The summed E-state index contributed by atoms with van der Waals surface area (Å²) in [5.41, 5.74) is 5.13. The summed E-state index contributed by atoms with van der Waals surface area (Å²) >= 11 is 0. The van der Waals surface area contributed by atoms with Crippen LogP contribution >= 0.6 is 0 Å². The van der Waals surface area contributed by atoms with E-state index in [0.717, 1.165) is 24.8 Å². The summed E-state index contributed by atoms with van der Waals surface area (Å²) in [6, 6.07) is 17.8. The normalized spacial score (nSPS) is 14.7. The number of nitrogens with one attached hydrogen (secondary N) is 1. The second kappa shape index (κ2) is 7.98. The van der Waals surface area contributed by atoms with E-state index in [4.69, 9.17) is 4.74 Å². The molecule has 1 N–H and O–H groups in total. The Morgan fingerprint density at radius 2 is 1.75 bits per heavy atom. The standard InChI is InChI=1S/C25H24N2O4S/c1-31-24-12-11-21(32(29,30)27-14-13-18-5-2-3-8-23(18)27)16-22(24)25(28)26-20-10-9-17-6-4-7-19(17)15-20/h2-3,5,8-12,15-16H,4,6-7,13-14H2,1H3,(H,26,28). The smallest absolute Gasteiger partial charge is 0.264 e. The Kier molecular flexibility index (Phi) is 5.13. The first-order valence-electron chi connectivity index (χ1n) is 10.7. The molecule has 3 aromatic rings. The third-order valence-corrected chi connectivity index (χ3v) is 8.01. The van der Waals surface area contributed by atoms with Crippen molar-refractivity contribution in [3.8, 4) is 5.75 Å². The van der Waals surface area contributed by atoms with Crippen molar-refractivity contribution in [2.45, 2.75) is 30.6 Å². The zero-order valence-electron chi connectivity index (χ0n) is 17.8. The fourth-order valence-electron chi connectivity index (χ4n) is 4.56. The van der Waals surface area contributed by atoms with Crippen LogP contribution in [0.15, 0.2) is 65.6 Å². The second-order valence-electron chi connectivity index (χ2n) is 8.11. The largest absolute Gasteiger partial charge is 0.496 e. The highest BCUT2D eigenvalue weighted by Crippen LogP contribution is 2.34. The predicted octanol–water partition coefficient (Wildman–Crippen LogP) is 4.19. The van der Waals surface area contributed by atoms with Gasteiger partial charge in [-0.1, -0.05) is 24.3 Å². The van der Waals surface area contributed by atoms with Gasteiger partial charge in [-0.2, -0.15) is 0 Å². The number of anilines is 2. The van der Waals surface area contributed by atoms with Gasteiger partial charge in [0.25, 0.3) is 15.9 Å². The van der Waals surface area contributed by atoms with Gasteiger partial charge in [-0.25, -0.2) is 8.42 Å². The fraction of sp³-hybridized carbons (Fsp3) is 0.240. The summed E-state index contributed by atoms with van der Waals surface area (Å²) in [4.78, 5) is 13.2. The van der Waals surface area contributed by atoms with Crippen LogP contribution in [0.5, 0.6) is 5.75 Å². The Balaban J connectivity index is 1.47. The average molecular weight is 449 g/mol. The molecule has 0 saturated carbocycles. The molecule has 0 unspecified atom stereocenters. The zero-order valence-corrected chi connectivity index (χ0v) is 18.6. The lowest BCUT2D eigenvalue weighted by atomic mass is 10.1. The number of aryl methyl sites for hydroxylation is 2. The van der Waals surface area contributed by atoms with E-state index in [-0.39, 0.29) is 10.5 Å². The van der Waals surface area contributed by atoms with Gasteiger partial charge in [0, 0.05) is 12.2 Å². The summed E-state index contributed by atoms with van der Waals surface area (Å²) < 4.78 is 33.6. The average Bonchev–Trinajstić information content (AvgIpc) is 3.45. The first-order chi connectivity index (χ1) is 15.5. The van der Waals surface area contributed by atoms with Gasteiger partial charge >= 0.3 is 0 Å². The molecule has 0 bridgehead atoms. The topological polar surface area (TPSA) is 75.7 Å². The Labute approximate surface area is 187 Å². The molecular weight excluding hydrogens is 424 g/mol. The molecule has 164 valence electrons. The number of carbonyl (C=O) groups is 1. The van der Waals surface area contributed by atoms with E-state index >= 15 is 0 Å². The minimum Gasteiger partial charge on any atom is -0.496 e. The van der Waals surface area contributed by atoms with Crippen LogP contribution in [-0.2, 0) is 29.3 Å². The predicted molar refractivity (Wildman–Crippen MR) is 124 cm³/mol. The van der Waals surface area contributed by atoms with Crippen LogP contribution in [0.4, 0.5) is 11.4 Å². The number of fused-ring (bicyclic) bond motifs is 2. The number of hydrogen-bond donors (Lipinski definition) is 1. The van der Waals surface area contributed by atoms with Crippen LogP contribution in [0.25, 0.3) is 0 Å². The maximum Gasteiger partial charge on any atom is 0.264 e. The number of methoxy groups -OCH3 is 1. The Hall–Kier alpha value is -3.32. The van der Waals surface area contributed by atoms with Gasteiger partial charge in [-0.05, 0) is 78.8 Å². The summed E-state index contributed by atoms with van der Waals surface area (Å²) in [5, 5.41) is 2.90. The number of benzene rings is 3. The van der Waals surface area contributed by atoms with E-state index in [2.05, 4.69) is 5.32 Å². The number of ether oxygens (including phenoxy) is 1. The number of rotatable bonds is 5. The lowest BCUT2D eigenvalue weighted by Crippen LogP contribution is -2.29. The van der Waals surface area contributed by atoms with Crippen LogP contribution < -0.4 is 14.4 Å². The van der Waals surface area contributed by atoms with Crippen molar-refractivity contribution in [3.63, 3.8) is 0 Å². The van der Waals surface area contributed by atoms with E-state index < -0.39 is 15.9 Å². The van der Waals surface area contributed by atoms with Crippen molar-refractivity contribution in [1.29, 1.82) is 0 Å². The van der Waals surface area contributed by atoms with Crippen molar-refractivity contribution < 1.29 is 17.9 Å². The molecule has 0 saturated heterocycles. The summed E-state index contributed by atoms with van der Waals surface area (Å²) in [6.45, 7) is 0.379. The summed E-state index contributed by atoms with van der Waals surface area (Å²) in [6.07, 6.45) is 3.86. The zero-order chi connectivity index (χ0) is 22.3. The molecule has 1 amide bonds. The number of hydrogen-bond acceptors (Lipinski definition) is 4. The molecule has 0 atom stereocenters. The quantitative estimate of drug-likeness (QED) is 0.635. The van der Waals surface area contributed by atoms with E-state index in [1.165, 1.54) is 40.7 Å². The van der Waals surface area contributed by atoms with Gasteiger partial charge in [0.15, 0.2) is 0 Å². The fourth-order valence-corrected chi connectivity index (χ4v) is 6.09. The van der Waals surface area contributed by atoms with Crippen LogP contribution in [0, 0.1) is 0 Å². The SMILES string of the molecule is COc1ccc(S(=O)(=O)N2CCc3ccccc32)cc1C(=O)Nc1ccc2c(c1)CCC2. The third-order valence-electron chi connectivity index (χ3n) is 6.20. The van der Waals surface area contributed by atoms with E-state index in [9.17, 15) is 13.2 Å². The van der Waals surface area contributed by atoms with E-state index in [1.807, 2.05) is 42.5 Å². The third kappa shape index (κ3) is 3.52. The highest BCUT2D eigenvalue weighted by atomic mass is 32.2. The highest BCUT2D eigenvalue weighted by Gasteiger charge is 2.31. The van der Waals surface area contributed by atoms with Crippen molar-refractivity contribution in [2.24, 2.45) is 0 Å². The van der Waals surface area contributed by atoms with Crippen LogP contribution in [0.3, 0.4) is 0 Å². The molecule has 1 aliphatic carbocycles. The van der Waals surface area contributed by atoms with Crippen molar-refractivity contribution in [1.82, 2.24) is 0 Å². The number of sulfonamides is 1. The van der Waals surface area contributed by atoms with Gasteiger partial charge in [0.1, 0.15) is 5.75 Å². The summed E-state index contributed by atoms with van der Waals surface area (Å²) in [5.74, 6) is -0.0805. The highest BCUT2D eigenvalue weighted by molar-refractivity contribution is 7.92. The molecule has 1 aliphatic heterocycles. The molecule has 32 heavy (non-hydrogen) atoms. The Morgan fingerprint density at radius 3 is 2.59 bits per heavy atom. The molecule has 7 heteroatoms. The second-order valence-corrected chi connectivity index (χ2v) is 9.97. The molecule has 0 aromatic heterocycles. The van der Waals surface area contributed by atoms with Gasteiger partial charge in [-0.3, -0.25) is 9.10 Å². The number of para-hydroxylation sites is 1. The van der Waals surface area contributed by atoms with Crippen molar-refractivity contribution in [3.05, 3.63) is 82.9 Å². The molecule has 5 rings (SSSR count). The van der Waals surface area contributed by atoms with Crippen molar-refractivity contribution in [2.75, 3.05) is 23.3 Å². The minimum atomic E-state index is -3.82. The van der Waals surface area contributed by atoms with Crippen LogP contribution in [0.2, 0.25) is 0 Å². The van der Waals surface area contributed by atoms with Crippen molar-refractivity contribution >= 4 is 27.3 Å². The molecule has 2 aliphatic rings. The van der Waals surface area contributed by atoms with Gasteiger partial charge in [0.2, 0.25) is 0 Å². The minimum absolute atomic E-state index is 0.0640. The lowest BCUT2D eigenvalue weighted by molar-refractivity contribution is 0.102. The molecule has 0 spiro atoms. The number of nitrogens with zero attached hydrogens (tertiary/aromatic N) is 1. The monoisotopic (exact) mass is 448 g/mol. The molecule has 0 fully saturated rings. The molecule has 0 radical (unpaired) electrons. The molecular formula is C25H24N2O4S. The Bertz CT molecular complexity index is 1320. The molecule has 1 heterocycles. The summed E-state index contributed by atoms with van der Waals surface area (Å²) in [7, 11) is -2.35. The van der Waals surface area contributed by atoms with E-state index in [0.29, 0.717) is 30.1 Å². The molecule has 3 aromatic carbocycles. The maximum absolute atomic E-state index is 13.4. The first kappa shape index (κ1) is 20.6. The molecule has 6 nitrogen and oxygen atoms in total. The van der Waals surface area contributed by atoms with Gasteiger partial charge < -0.3 is 10.1 Å². The number of amides is 1. The maximum atomic E-state index is 13.4. The van der Waals surface area contributed by atoms with Gasteiger partial charge in [-0.15, -0.1) is 0 Å². The van der Waals surface area contributed by atoms with Gasteiger partial charge in [0.05, 0.1) is 23.3 Å². The van der Waals surface area contributed by atoms with Crippen LogP contribution in [0.1, 0.15) is 33.5 Å². The number of carbonyl (C=O) groups excluding carboxylic acids is 1. The lowest BCUT2D eigenvalue weighted by Gasteiger charge is -2.20. The van der Waals surface area contributed by atoms with Crippen LogP contribution in [-0.4, -0.2) is 28.0 Å². The first-order valence-corrected chi connectivity index (χ1v) is 12.1. The Morgan fingerprint density at radius 1 is 0.938 bits per heavy atom. The van der Waals surface area contributed by atoms with E-state index in [1.54, 1.807) is 0 Å².